The highest BCUT2D eigenvalue weighted by Crippen LogP contribution is 2.23. The number of aliphatic imine (C=N–C) groups is 1. The summed E-state index contributed by atoms with van der Waals surface area (Å²) in [5.41, 5.74) is 0. The van der Waals surface area contributed by atoms with Crippen LogP contribution in [0.4, 0.5) is 0 Å². The number of ether oxygens (including phenoxy) is 1. The SMILES string of the molecule is CCCNC(=O)CNC(=NC)N1CC(C)C(C(=O)OC)C1.I. The molecule has 7 nitrogen and oxygen atoms in total. The molecule has 128 valence electrons. The van der Waals surface area contributed by atoms with Crippen LogP contribution in [0.25, 0.3) is 0 Å². The second-order valence-corrected chi connectivity index (χ2v) is 5.26. The molecule has 2 atom stereocenters. The van der Waals surface area contributed by atoms with Crippen molar-refractivity contribution in [1.82, 2.24) is 15.5 Å². The number of halogens is 1. The van der Waals surface area contributed by atoms with Gasteiger partial charge >= 0.3 is 5.97 Å². The molecule has 22 heavy (non-hydrogen) atoms. The van der Waals surface area contributed by atoms with Crippen LogP contribution in [0.15, 0.2) is 4.99 Å². The second kappa shape index (κ2) is 10.6. The summed E-state index contributed by atoms with van der Waals surface area (Å²) in [6, 6.07) is 0. The van der Waals surface area contributed by atoms with Crippen molar-refractivity contribution in [2.24, 2.45) is 16.8 Å². The molecule has 8 heteroatoms. The van der Waals surface area contributed by atoms with E-state index in [1.807, 2.05) is 18.7 Å². The Labute approximate surface area is 149 Å². The van der Waals surface area contributed by atoms with E-state index in [1.54, 1.807) is 7.05 Å². The van der Waals surface area contributed by atoms with Crippen LogP contribution >= 0.6 is 24.0 Å². The van der Waals surface area contributed by atoms with Crippen molar-refractivity contribution in [1.29, 1.82) is 0 Å². The van der Waals surface area contributed by atoms with Gasteiger partial charge < -0.3 is 20.3 Å². The van der Waals surface area contributed by atoms with Gasteiger partial charge in [-0.05, 0) is 12.3 Å². The number of esters is 1. The van der Waals surface area contributed by atoms with E-state index < -0.39 is 0 Å². The summed E-state index contributed by atoms with van der Waals surface area (Å²) < 4.78 is 4.82. The molecule has 0 bridgehead atoms. The van der Waals surface area contributed by atoms with E-state index in [0.717, 1.165) is 13.0 Å². The van der Waals surface area contributed by atoms with Gasteiger partial charge in [0.2, 0.25) is 5.91 Å². The number of carbonyl (C=O) groups excluding carboxylic acids is 2. The number of guanidine groups is 1. The summed E-state index contributed by atoms with van der Waals surface area (Å²) in [4.78, 5) is 29.5. The van der Waals surface area contributed by atoms with Gasteiger partial charge in [0, 0.05) is 26.7 Å². The number of carbonyl (C=O) groups is 2. The summed E-state index contributed by atoms with van der Waals surface area (Å²) >= 11 is 0. The Hall–Kier alpha value is -1.06. The average Bonchev–Trinajstić information content (AvgIpc) is 2.86. The van der Waals surface area contributed by atoms with E-state index in [-0.39, 0.29) is 54.2 Å². The fourth-order valence-corrected chi connectivity index (χ4v) is 2.42. The van der Waals surface area contributed by atoms with Gasteiger partial charge in [-0.25, -0.2) is 0 Å². The quantitative estimate of drug-likeness (QED) is 0.289. The molecule has 0 radical (unpaired) electrons. The van der Waals surface area contributed by atoms with Crippen LogP contribution in [0.1, 0.15) is 20.3 Å². The minimum atomic E-state index is -0.193. The highest BCUT2D eigenvalue weighted by Gasteiger charge is 2.36. The van der Waals surface area contributed by atoms with E-state index in [1.165, 1.54) is 7.11 Å². The van der Waals surface area contributed by atoms with Gasteiger partial charge in [0.25, 0.3) is 0 Å². The Balaban J connectivity index is 0.00000441. The van der Waals surface area contributed by atoms with Crippen molar-refractivity contribution >= 4 is 41.8 Å². The molecule has 2 unspecified atom stereocenters. The zero-order valence-electron chi connectivity index (χ0n) is 13.7. The van der Waals surface area contributed by atoms with E-state index in [9.17, 15) is 9.59 Å². The monoisotopic (exact) mass is 426 g/mol. The topological polar surface area (TPSA) is 83.0 Å². The first-order valence-corrected chi connectivity index (χ1v) is 7.33. The van der Waals surface area contributed by atoms with Crippen molar-refractivity contribution in [3.05, 3.63) is 0 Å². The van der Waals surface area contributed by atoms with Crippen LogP contribution in [-0.2, 0) is 14.3 Å². The van der Waals surface area contributed by atoms with Crippen molar-refractivity contribution < 1.29 is 14.3 Å². The fourth-order valence-electron chi connectivity index (χ4n) is 2.42. The zero-order valence-corrected chi connectivity index (χ0v) is 16.0. The smallest absolute Gasteiger partial charge is 0.310 e. The molecular formula is C14H27IN4O3. The standard InChI is InChI=1S/C14H26N4O3.HI/c1-5-6-16-12(19)7-17-14(15-3)18-8-10(2)11(9-18)13(20)21-4;/h10-11H,5-9H2,1-4H3,(H,15,17)(H,16,19);1H. The number of hydrogen-bond acceptors (Lipinski definition) is 4. The lowest BCUT2D eigenvalue weighted by Gasteiger charge is -2.21. The maximum absolute atomic E-state index is 11.7. The predicted octanol–water partition coefficient (Wildman–Crippen LogP) is 0.447. The van der Waals surface area contributed by atoms with Crippen molar-refractivity contribution in [3.63, 3.8) is 0 Å². The predicted molar refractivity (Wildman–Crippen MR) is 96.3 cm³/mol. The number of amides is 1. The second-order valence-electron chi connectivity index (χ2n) is 5.26. The van der Waals surface area contributed by atoms with Gasteiger partial charge in [0.1, 0.15) is 0 Å². The summed E-state index contributed by atoms with van der Waals surface area (Å²) in [6.07, 6.45) is 0.908. The Morgan fingerprint density at radius 3 is 2.55 bits per heavy atom. The first-order valence-electron chi connectivity index (χ1n) is 7.33. The summed E-state index contributed by atoms with van der Waals surface area (Å²) in [7, 11) is 3.07. The van der Waals surface area contributed by atoms with Crippen LogP contribution < -0.4 is 10.6 Å². The lowest BCUT2D eigenvalue weighted by Crippen LogP contribution is -2.45. The van der Waals surface area contributed by atoms with Crippen molar-refractivity contribution in [2.75, 3.05) is 40.3 Å². The summed E-state index contributed by atoms with van der Waals surface area (Å²) in [6.45, 7) is 6.15. The molecular weight excluding hydrogens is 399 g/mol. The third kappa shape index (κ3) is 5.98. The molecule has 0 aromatic rings. The Kier molecular flexibility index (Phi) is 10.1. The molecule has 0 aromatic heterocycles. The Bertz CT molecular complexity index is 404. The van der Waals surface area contributed by atoms with Gasteiger partial charge in [-0.15, -0.1) is 24.0 Å². The largest absolute Gasteiger partial charge is 0.469 e. The number of likely N-dealkylation sites (tertiary alicyclic amines) is 1. The number of hydrogen-bond donors (Lipinski definition) is 2. The first-order chi connectivity index (χ1) is 10.0. The minimum Gasteiger partial charge on any atom is -0.469 e. The van der Waals surface area contributed by atoms with Gasteiger partial charge in [-0.1, -0.05) is 13.8 Å². The highest BCUT2D eigenvalue weighted by atomic mass is 127. The van der Waals surface area contributed by atoms with Crippen LogP contribution in [0.5, 0.6) is 0 Å². The molecule has 1 amide bonds. The first kappa shape index (κ1) is 20.9. The molecule has 1 rings (SSSR count). The van der Waals surface area contributed by atoms with Crippen LogP contribution in [-0.4, -0.2) is 63.1 Å². The lowest BCUT2D eigenvalue weighted by atomic mass is 9.99. The minimum absolute atomic E-state index is 0. The Morgan fingerprint density at radius 1 is 1.32 bits per heavy atom. The maximum atomic E-state index is 11.7. The molecule has 1 fully saturated rings. The number of nitrogens with zero attached hydrogens (tertiary/aromatic N) is 2. The van der Waals surface area contributed by atoms with E-state index in [0.29, 0.717) is 19.0 Å². The molecule has 2 N–H and O–H groups in total. The molecule has 1 heterocycles. The van der Waals surface area contributed by atoms with E-state index >= 15 is 0 Å². The lowest BCUT2D eigenvalue weighted by molar-refractivity contribution is -0.146. The molecule has 0 spiro atoms. The summed E-state index contributed by atoms with van der Waals surface area (Å²) in [5, 5.41) is 5.83. The molecule has 1 aliphatic heterocycles. The third-order valence-electron chi connectivity index (χ3n) is 3.61. The molecule has 1 aliphatic rings. The van der Waals surface area contributed by atoms with E-state index in [4.69, 9.17) is 4.74 Å². The van der Waals surface area contributed by atoms with Gasteiger partial charge in [0.15, 0.2) is 5.96 Å². The fraction of sp³-hybridized carbons (Fsp3) is 0.786. The number of rotatable bonds is 5. The number of nitrogens with one attached hydrogen (secondary N) is 2. The number of methoxy groups -OCH3 is 1. The zero-order chi connectivity index (χ0) is 15.8. The van der Waals surface area contributed by atoms with Crippen LogP contribution in [0.3, 0.4) is 0 Å². The van der Waals surface area contributed by atoms with Crippen LogP contribution in [0, 0.1) is 11.8 Å². The van der Waals surface area contributed by atoms with Crippen LogP contribution in [0.2, 0.25) is 0 Å². The summed E-state index contributed by atoms with van der Waals surface area (Å²) in [5.74, 6) is 0.434. The van der Waals surface area contributed by atoms with Gasteiger partial charge in [-0.2, -0.15) is 0 Å². The third-order valence-corrected chi connectivity index (χ3v) is 3.61. The molecule has 0 aliphatic carbocycles. The van der Waals surface area contributed by atoms with Crippen molar-refractivity contribution in [2.45, 2.75) is 20.3 Å². The molecule has 1 saturated heterocycles. The maximum Gasteiger partial charge on any atom is 0.310 e. The normalized spacial score (nSPS) is 21.1. The molecule has 0 aromatic carbocycles. The average molecular weight is 426 g/mol. The van der Waals surface area contributed by atoms with Crippen molar-refractivity contribution in [3.8, 4) is 0 Å². The molecule has 0 saturated carbocycles. The highest BCUT2D eigenvalue weighted by molar-refractivity contribution is 14.0. The Morgan fingerprint density at radius 2 is 2.00 bits per heavy atom. The van der Waals surface area contributed by atoms with Gasteiger partial charge in [0.05, 0.1) is 19.6 Å². The van der Waals surface area contributed by atoms with Gasteiger partial charge in [-0.3, -0.25) is 14.6 Å². The van der Waals surface area contributed by atoms with E-state index in [2.05, 4.69) is 15.6 Å².